The van der Waals surface area contributed by atoms with Gasteiger partial charge in [-0.3, -0.25) is 4.79 Å². The van der Waals surface area contributed by atoms with Gasteiger partial charge in [-0.15, -0.1) is 10.2 Å². The molecular weight excluding hydrogens is 232 g/mol. The van der Waals surface area contributed by atoms with E-state index in [1.807, 2.05) is 6.92 Å². The number of amides is 1. The van der Waals surface area contributed by atoms with E-state index in [0.717, 1.165) is 32.6 Å². The number of H-pyrrole nitrogens is 1. The summed E-state index contributed by atoms with van der Waals surface area (Å²) in [6, 6.07) is 0. The summed E-state index contributed by atoms with van der Waals surface area (Å²) in [5.41, 5.74) is 0. The van der Waals surface area contributed by atoms with Crippen LogP contribution in [-0.4, -0.2) is 69.1 Å². The standard InChI is InChI=1S/C11H22N6O/c1-4-16(5-2)8-7-9-17(6-3)11(18)10-12-14-15-13-10/h4-9H2,1-3H3,(H,12,13,14,15). The Bertz CT molecular complexity index is 335. The van der Waals surface area contributed by atoms with Crippen LogP contribution in [0, 0.1) is 0 Å². The first kappa shape index (κ1) is 14.6. The lowest BCUT2D eigenvalue weighted by Gasteiger charge is -2.22. The van der Waals surface area contributed by atoms with Gasteiger partial charge >= 0.3 is 0 Å². The maximum absolute atomic E-state index is 12.0. The van der Waals surface area contributed by atoms with E-state index in [0.29, 0.717) is 6.54 Å². The predicted molar refractivity (Wildman–Crippen MR) is 68.2 cm³/mol. The first-order valence-corrected chi connectivity index (χ1v) is 6.47. The van der Waals surface area contributed by atoms with Crippen LogP contribution in [0.4, 0.5) is 0 Å². The molecule has 1 rings (SSSR count). The second kappa shape index (κ2) is 7.75. The lowest BCUT2D eigenvalue weighted by atomic mass is 10.3. The van der Waals surface area contributed by atoms with Crippen molar-refractivity contribution in [3.63, 3.8) is 0 Å². The normalized spacial score (nSPS) is 10.9. The van der Waals surface area contributed by atoms with Crippen molar-refractivity contribution in [2.75, 3.05) is 32.7 Å². The fourth-order valence-electron chi connectivity index (χ4n) is 1.82. The smallest absolute Gasteiger partial charge is 0.295 e. The number of nitrogens with zero attached hydrogens (tertiary/aromatic N) is 5. The van der Waals surface area contributed by atoms with Gasteiger partial charge in [-0.1, -0.05) is 13.8 Å². The zero-order valence-corrected chi connectivity index (χ0v) is 11.4. The largest absolute Gasteiger partial charge is 0.336 e. The molecule has 0 fully saturated rings. The number of hydrogen-bond acceptors (Lipinski definition) is 5. The van der Waals surface area contributed by atoms with Crippen molar-refractivity contribution in [3.05, 3.63) is 5.82 Å². The molecule has 0 unspecified atom stereocenters. The first-order valence-electron chi connectivity index (χ1n) is 6.47. The molecule has 0 aromatic carbocycles. The van der Waals surface area contributed by atoms with Gasteiger partial charge in [0.1, 0.15) is 0 Å². The van der Waals surface area contributed by atoms with Gasteiger partial charge in [-0.2, -0.15) is 5.21 Å². The zero-order valence-electron chi connectivity index (χ0n) is 11.4. The van der Waals surface area contributed by atoms with Crippen molar-refractivity contribution in [3.8, 4) is 0 Å². The van der Waals surface area contributed by atoms with Gasteiger partial charge in [0.2, 0.25) is 0 Å². The van der Waals surface area contributed by atoms with Gasteiger partial charge in [0.05, 0.1) is 0 Å². The van der Waals surface area contributed by atoms with E-state index >= 15 is 0 Å². The highest BCUT2D eigenvalue weighted by atomic mass is 16.2. The molecule has 0 saturated carbocycles. The van der Waals surface area contributed by atoms with Crippen LogP contribution in [0.1, 0.15) is 37.8 Å². The van der Waals surface area contributed by atoms with Crippen LogP contribution in [0.2, 0.25) is 0 Å². The molecule has 1 N–H and O–H groups in total. The number of aromatic amines is 1. The van der Waals surface area contributed by atoms with E-state index in [4.69, 9.17) is 0 Å². The molecule has 0 aliphatic carbocycles. The average Bonchev–Trinajstić information content (AvgIpc) is 2.92. The maximum Gasteiger partial charge on any atom is 0.295 e. The van der Waals surface area contributed by atoms with Gasteiger partial charge in [0, 0.05) is 13.1 Å². The van der Waals surface area contributed by atoms with E-state index in [9.17, 15) is 4.79 Å². The first-order chi connectivity index (χ1) is 8.72. The fraction of sp³-hybridized carbons (Fsp3) is 0.818. The second-order valence-corrected chi connectivity index (χ2v) is 4.00. The molecule has 0 bridgehead atoms. The maximum atomic E-state index is 12.0. The highest BCUT2D eigenvalue weighted by molar-refractivity contribution is 5.90. The number of carbonyl (C=O) groups excluding carboxylic acids is 1. The Morgan fingerprint density at radius 1 is 1.17 bits per heavy atom. The minimum absolute atomic E-state index is 0.139. The minimum atomic E-state index is -0.161. The predicted octanol–water partition coefficient (Wildman–Crippen LogP) is 0.394. The number of carbonyl (C=O) groups is 1. The molecule has 1 aromatic heterocycles. The van der Waals surface area contributed by atoms with Crippen molar-refractivity contribution in [2.45, 2.75) is 27.2 Å². The van der Waals surface area contributed by atoms with E-state index in [2.05, 4.69) is 39.4 Å². The third-order valence-electron chi connectivity index (χ3n) is 3.00. The Morgan fingerprint density at radius 2 is 1.89 bits per heavy atom. The average molecular weight is 254 g/mol. The van der Waals surface area contributed by atoms with E-state index in [-0.39, 0.29) is 11.7 Å². The molecule has 102 valence electrons. The van der Waals surface area contributed by atoms with Gasteiger partial charge in [-0.25, -0.2) is 0 Å². The SMILES string of the molecule is CCN(CC)CCCN(CC)C(=O)c1nn[nH]n1. The topological polar surface area (TPSA) is 78.0 Å². The number of nitrogens with one attached hydrogen (secondary N) is 1. The second-order valence-electron chi connectivity index (χ2n) is 4.00. The molecule has 18 heavy (non-hydrogen) atoms. The van der Waals surface area contributed by atoms with Gasteiger partial charge in [0.15, 0.2) is 0 Å². The lowest BCUT2D eigenvalue weighted by molar-refractivity contribution is 0.0745. The van der Waals surface area contributed by atoms with Crippen molar-refractivity contribution in [1.82, 2.24) is 30.4 Å². The van der Waals surface area contributed by atoms with Crippen molar-refractivity contribution < 1.29 is 4.79 Å². The number of rotatable bonds is 8. The summed E-state index contributed by atoms with van der Waals surface area (Å²) in [6.07, 6.45) is 0.957. The lowest BCUT2D eigenvalue weighted by Crippen LogP contribution is -2.35. The van der Waals surface area contributed by atoms with Crippen LogP contribution in [-0.2, 0) is 0 Å². The molecule has 0 saturated heterocycles. The third kappa shape index (κ3) is 4.06. The van der Waals surface area contributed by atoms with Crippen LogP contribution in [0.3, 0.4) is 0 Å². The minimum Gasteiger partial charge on any atom is -0.336 e. The molecule has 1 amide bonds. The van der Waals surface area contributed by atoms with Gasteiger partial charge in [-0.05, 0) is 38.2 Å². The molecule has 1 aromatic rings. The highest BCUT2D eigenvalue weighted by Crippen LogP contribution is 2.00. The van der Waals surface area contributed by atoms with Crippen LogP contribution >= 0.6 is 0 Å². The molecule has 0 spiro atoms. The summed E-state index contributed by atoms with van der Waals surface area (Å²) in [5, 5.41) is 13.1. The Morgan fingerprint density at radius 3 is 2.39 bits per heavy atom. The molecular formula is C11H22N6O. The van der Waals surface area contributed by atoms with E-state index in [1.54, 1.807) is 4.90 Å². The quantitative estimate of drug-likeness (QED) is 0.726. The van der Waals surface area contributed by atoms with Crippen molar-refractivity contribution >= 4 is 5.91 Å². The number of hydrogen-bond donors (Lipinski definition) is 1. The number of tetrazole rings is 1. The van der Waals surface area contributed by atoms with Crippen LogP contribution < -0.4 is 0 Å². The molecule has 1 heterocycles. The zero-order chi connectivity index (χ0) is 13.4. The van der Waals surface area contributed by atoms with Crippen molar-refractivity contribution in [1.29, 1.82) is 0 Å². The van der Waals surface area contributed by atoms with E-state index < -0.39 is 0 Å². The molecule has 7 heteroatoms. The molecule has 0 aliphatic heterocycles. The third-order valence-corrected chi connectivity index (χ3v) is 3.00. The van der Waals surface area contributed by atoms with Crippen molar-refractivity contribution in [2.24, 2.45) is 0 Å². The molecule has 0 radical (unpaired) electrons. The monoisotopic (exact) mass is 254 g/mol. The Labute approximate surface area is 108 Å². The Balaban J connectivity index is 2.40. The Hall–Kier alpha value is -1.50. The summed E-state index contributed by atoms with van der Waals surface area (Å²) in [7, 11) is 0. The summed E-state index contributed by atoms with van der Waals surface area (Å²) < 4.78 is 0. The Kier molecular flexibility index (Phi) is 6.27. The summed E-state index contributed by atoms with van der Waals surface area (Å²) in [5.74, 6) is -0.0227. The van der Waals surface area contributed by atoms with Crippen LogP contribution in [0.5, 0.6) is 0 Å². The molecule has 7 nitrogen and oxygen atoms in total. The van der Waals surface area contributed by atoms with Gasteiger partial charge in [0.25, 0.3) is 11.7 Å². The fourth-order valence-corrected chi connectivity index (χ4v) is 1.82. The highest BCUT2D eigenvalue weighted by Gasteiger charge is 2.17. The number of aromatic nitrogens is 4. The van der Waals surface area contributed by atoms with Crippen LogP contribution in [0.25, 0.3) is 0 Å². The van der Waals surface area contributed by atoms with Crippen LogP contribution in [0.15, 0.2) is 0 Å². The van der Waals surface area contributed by atoms with Gasteiger partial charge < -0.3 is 9.80 Å². The molecule has 0 atom stereocenters. The molecule has 0 aliphatic rings. The summed E-state index contributed by atoms with van der Waals surface area (Å²) in [6.45, 7) is 10.7. The summed E-state index contributed by atoms with van der Waals surface area (Å²) >= 11 is 0. The summed E-state index contributed by atoms with van der Waals surface area (Å²) in [4.78, 5) is 16.1. The van der Waals surface area contributed by atoms with E-state index in [1.165, 1.54) is 0 Å².